The number of rotatable bonds is 0. The fraction of sp³-hybridized carbons (Fsp3) is 0.111. The zero-order valence-corrected chi connectivity index (χ0v) is 9.72. The normalized spacial score (nSPS) is 10.8. The van der Waals surface area contributed by atoms with Crippen LogP contribution in [-0.4, -0.2) is 4.98 Å². The number of thiol groups is 1. The zero-order chi connectivity index (χ0) is 10.3. The van der Waals surface area contributed by atoms with E-state index in [0.29, 0.717) is 15.6 Å². The number of halogens is 1. The maximum absolute atomic E-state index is 11.5. The van der Waals surface area contributed by atoms with Crippen molar-refractivity contribution in [2.75, 3.05) is 0 Å². The van der Waals surface area contributed by atoms with Crippen LogP contribution in [0, 0.1) is 6.92 Å². The molecule has 0 atom stereocenters. The summed E-state index contributed by atoms with van der Waals surface area (Å²) in [6, 6.07) is 3.04. The fourth-order valence-electron chi connectivity index (χ4n) is 1.23. The zero-order valence-electron chi connectivity index (χ0n) is 7.24. The molecule has 2 heterocycles. The second-order valence-electron chi connectivity index (χ2n) is 2.88. The van der Waals surface area contributed by atoms with E-state index >= 15 is 0 Å². The number of hydrogen-bond acceptors (Lipinski definition) is 4. The van der Waals surface area contributed by atoms with Gasteiger partial charge in [0.25, 0.3) is 0 Å². The van der Waals surface area contributed by atoms with Crippen LogP contribution in [0.3, 0.4) is 0 Å². The van der Waals surface area contributed by atoms with E-state index in [-0.39, 0.29) is 10.5 Å². The first-order valence-electron chi connectivity index (χ1n) is 3.88. The molecule has 3 nitrogen and oxygen atoms in total. The molecule has 0 N–H and O–H groups in total. The molecule has 14 heavy (non-hydrogen) atoms. The lowest BCUT2D eigenvalue weighted by molar-refractivity contribution is 0.499. The van der Waals surface area contributed by atoms with Gasteiger partial charge in [0.1, 0.15) is 4.60 Å². The lowest BCUT2D eigenvalue weighted by Gasteiger charge is -2.00. The van der Waals surface area contributed by atoms with Crippen LogP contribution in [0.15, 0.2) is 31.0 Å². The van der Waals surface area contributed by atoms with E-state index in [2.05, 4.69) is 33.5 Å². The van der Waals surface area contributed by atoms with Gasteiger partial charge in [-0.2, -0.15) is 0 Å². The first-order valence-corrected chi connectivity index (χ1v) is 5.12. The predicted octanol–water partition coefficient (Wildman–Crippen LogP) is 2.55. The van der Waals surface area contributed by atoms with Crippen molar-refractivity contribution < 1.29 is 4.42 Å². The minimum Gasteiger partial charge on any atom is -0.447 e. The molecule has 2 rings (SSSR count). The van der Waals surface area contributed by atoms with Crippen molar-refractivity contribution in [3.63, 3.8) is 0 Å². The van der Waals surface area contributed by atoms with E-state index in [0.717, 1.165) is 5.69 Å². The van der Waals surface area contributed by atoms with Crippen molar-refractivity contribution in [2.24, 2.45) is 0 Å². The standard InChI is InChI=1S/C9H6BrNO2S/c1-4-2-5-6(12)3-7(14)13-8(5)9(10)11-4/h2-3,14H,1H3. The van der Waals surface area contributed by atoms with Crippen molar-refractivity contribution in [1.29, 1.82) is 0 Å². The Labute approximate surface area is 93.7 Å². The molecule has 0 radical (unpaired) electrons. The van der Waals surface area contributed by atoms with Crippen molar-refractivity contribution in [3.05, 3.63) is 32.7 Å². The van der Waals surface area contributed by atoms with Crippen LogP contribution in [0.25, 0.3) is 11.0 Å². The Morgan fingerprint density at radius 3 is 2.93 bits per heavy atom. The number of hydrogen-bond donors (Lipinski definition) is 1. The van der Waals surface area contributed by atoms with Crippen LogP contribution >= 0.6 is 28.6 Å². The number of fused-ring (bicyclic) bond motifs is 1. The van der Waals surface area contributed by atoms with Gasteiger partial charge in [0, 0.05) is 11.8 Å². The first-order chi connectivity index (χ1) is 6.58. The molecular weight excluding hydrogens is 266 g/mol. The van der Waals surface area contributed by atoms with Gasteiger partial charge in [-0.15, -0.1) is 12.6 Å². The minimum atomic E-state index is -0.109. The number of aromatic nitrogens is 1. The second-order valence-corrected chi connectivity index (χ2v) is 4.07. The Hall–Kier alpha value is -0.810. The highest BCUT2D eigenvalue weighted by atomic mass is 79.9. The molecule has 72 valence electrons. The lowest BCUT2D eigenvalue weighted by atomic mass is 10.2. The van der Waals surface area contributed by atoms with Gasteiger partial charge >= 0.3 is 0 Å². The summed E-state index contributed by atoms with van der Waals surface area (Å²) < 4.78 is 5.81. The highest BCUT2D eigenvalue weighted by molar-refractivity contribution is 9.10. The van der Waals surface area contributed by atoms with Crippen LogP contribution in [-0.2, 0) is 0 Å². The molecule has 5 heteroatoms. The predicted molar refractivity (Wildman–Crippen MR) is 60.0 cm³/mol. The summed E-state index contributed by atoms with van der Waals surface area (Å²) in [4.78, 5) is 15.7. The monoisotopic (exact) mass is 271 g/mol. The Kier molecular flexibility index (Phi) is 2.36. The molecule has 0 saturated heterocycles. The Morgan fingerprint density at radius 1 is 1.50 bits per heavy atom. The van der Waals surface area contributed by atoms with Gasteiger partial charge in [-0.05, 0) is 28.9 Å². The van der Waals surface area contributed by atoms with Crippen molar-refractivity contribution in [1.82, 2.24) is 4.98 Å². The molecular formula is C9H6BrNO2S. The molecule has 2 aromatic heterocycles. The van der Waals surface area contributed by atoms with Gasteiger partial charge < -0.3 is 4.42 Å². The van der Waals surface area contributed by atoms with Crippen LogP contribution < -0.4 is 5.43 Å². The number of aryl methyl sites for hydroxylation is 1. The third-order valence-electron chi connectivity index (χ3n) is 1.79. The summed E-state index contributed by atoms with van der Waals surface area (Å²) in [5.41, 5.74) is 1.10. The molecule has 0 fully saturated rings. The molecule has 0 aliphatic rings. The van der Waals surface area contributed by atoms with Gasteiger partial charge in [0.05, 0.1) is 5.39 Å². The number of nitrogens with zero attached hydrogens (tertiary/aromatic N) is 1. The molecule has 0 aliphatic carbocycles. The van der Waals surface area contributed by atoms with E-state index < -0.39 is 0 Å². The summed E-state index contributed by atoms with van der Waals surface area (Å²) in [6.07, 6.45) is 0. The second kappa shape index (κ2) is 3.40. The smallest absolute Gasteiger partial charge is 0.194 e. The summed E-state index contributed by atoms with van der Waals surface area (Å²) in [5.74, 6) is 0. The van der Waals surface area contributed by atoms with E-state index in [1.54, 1.807) is 6.07 Å². The highest BCUT2D eigenvalue weighted by Gasteiger charge is 2.08. The Morgan fingerprint density at radius 2 is 2.21 bits per heavy atom. The highest BCUT2D eigenvalue weighted by Crippen LogP contribution is 2.22. The van der Waals surface area contributed by atoms with Crippen molar-refractivity contribution >= 4 is 39.5 Å². The van der Waals surface area contributed by atoms with E-state index in [1.165, 1.54) is 6.07 Å². The van der Waals surface area contributed by atoms with Gasteiger partial charge in [-0.1, -0.05) is 0 Å². The molecule has 0 saturated carbocycles. The molecule has 2 aromatic rings. The summed E-state index contributed by atoms with van der Waals surface area (Å²) in [6.45, 7) is 1.82. The molecule has 0 aliphatic heterocycles. The molecule has 0 aromatic carbocycles. The van der Waals surface area contributed by atoms with E-state index in [4.69, 9.17) is 4.42 Å². The van der Waals surface area contributed by atoms with Crippen LogP contribution in [0.4, 0.5) is 0 Å². The van der Waals surface area contributed by atoms with Gasteiger partial charge in [-0.3, -0.25) is 4.79 Å². The topological polar surface area (TPSA) is 43.1 Å². The molecule has 0 amide bonds. The third-order valence-corrected chi connectivity index (χ3v) is 2.54. The summed E-state index contributed by atoms with van der Waals surface area (Å²) >= 11 is 7.23. The van der Waals surface area contributed by atoms with Gasteiger partial charge in [0.2, 0.25) is 0 Å². The molecule has 0 unspecified atom stereocenters. The lowest BCUT2D eigenvalue weighted by Crippen LogP contribution is -2.01. The maximum atomic E-state index is 11.5. The number of pyridine rings is 1. The summed E-state index contributed by atoms with van der Waals surface area (Å²) in [7, 11) is 0. The van der Waals surface area contributed by atoms with Crippen molar-refractivity contribution in [3.8, 4) is 0 Å². The van der Waals surface area contributed by atoms with Gasteiger partial charge in [-0.25, -0.2) is 4.98 Å². The third kappa shape index (κ3) is 1.57. The summed E-state index contributed by atoms with van der Waals surface area (Å²) in [5, 5.41) is 0.802. The van der Waals surface area contributed by atoms with Gasteiger partial charge in [0.15, 0.2) is 16.1 Å². The average molecular weight is 272 g/mol. The first kappa shape index (κ1) is 9.73. The van der Waals surface area contributed by atoms with E-state index in [9.17, 15) is 4.79 Å². The molecule has 0 bridgehead atoms. The quantitative estimate of drug-likeness (QED) is 0.592. The maximum Gasteiger partial charge on any atom is 0.194 e. The molecule has 0 spiro atoms. The Balaban J connectivity index is 3.02. The fourth-order valence-corrected chi connectivity index (χ4v) is 2.01. The largest absolute Gasteiger partial charge is 0.447 e. The van der Waals surface area contributed by atoms with Crippen molar-refractivity contribution in [2.45, 2.75) is 12.0 Å². The van der Waals surface area contributed by atoms with Crippen LogP contribution in [0.5, 0.6) is 0 Å². The Bertz CT molecular complexity index is 564. The minimum absolute atomic E-state index is 0.109. The average Bonchev–Trinajstić information content (AvgIpc) is 2.07. The van der Waals surface area contributed by atoms with Crippen LogP contribution in [0.2, 0.25) is 0 Å². The van der Waals surface area contributed by atoms with E-state index in [1.807, 2.05) is 6.92 Å². The van der Waals surface area contributed by atoms with Crippen LogP contribution in [0.1, 0.15) is 5.69 Å². The SMILES string of the molecule is Cc1cc2c(=O)cc(S)oc2c(Br)n1.